The van der Waals surface area contributed by atoms with E-state index in [4.69, 9.17) is 4.74 Å². The van der Waals surface area contributed by atoms with E-state index in [1.54, 1.807) is 11.9 Å². The molecule has 15 heavy (non-hydrogen) atoms. The van der Waals surface area contributed by atoms with Gasteiger partial charge in [-0.3, -0.25) is 9.59 Å². The van der Waals surface area contributed by atoms with Crippen molar-refractivity contribution in [2.45, 2.75) is 38.1 Å². The minimum absolute atomic E-state index is 0.00241. The normalized spacial score (nSPS) is 35.5. The molecule has 2 heterocycles. The first-order valence-electron chi connectivity index (χ1n) is 5.26. The van der Waals surface area contributed by atoms with E-state index in [0.717, 1.165) is 12.8 Å². The van der Waals surface area contributed by atoms with Gasteiger partial charge in [-0.15, -0.1) is 0 Å². The maximum Gasteiger partial charge on any atom is 0.242 e. The summed E-state index contributed by atoms with van der Waals surface area (Å²) in [6.07, 6.45) is 1.40. The third-order valence-electron chi connectivity index (χ3n) is 3.17. The second kappa shape index (κ2) is 3.90. The van der Waals surface area contributed by atoms with Gasteiger partial charge < -0.3 is 15.0 Å². The molecule has 5 heteroatoms. The lowest BCUT2D eigenvalue weighted by Crippen LogP contribution is -2.56. The summed E-state index contributed by atoms with van der Waals surface area (Å²) in [5, 5.41) is 2.97. The van der Waals surface area contributed by atoms with Gasteiger partial charge in [0.05, 0.1) is 12.6 Å². The summed E-state index contributed by atoms with van der Waals surface area (Å²) < 4.78 is 5.45. The Bertz CT molecular complexity index is 292. The molecule has 0 saturated carbocycles. The number of Topliss-reactive ketones (excluding diaryl/α,β-unsaturated/α-hetero) is 1. The number of fused-ring (bicyclic) bond motifs is 1. The average molecular weight is 212 g/mol. The van der Waals surface area contributed by atoms with E-state index in [9.17, 15) is 9.59 Å². The topological polar surface area (TPSA) is 58.6 Å². The van der Waals surface area contributed by atoms with Crippen LogP contribution in [0.4, 0.5) is 0 Å². The van der Waals surface area contributed by atoms with Crippen molar-refractivity contribution in [3.63, 3.8) is 0 Å². The molecule has 2 rings (SSSR count). The smallest absolute Gasteiger partial charge is 0.242 e. The van der Waals surface area contributed by atoms with Gasteiger partial charge in [-0.25, -0.2) is 0 Å². The first kappa shape index (κ1) is 10.6. The fourth-order valence-electron chi connectivity index (χ4n) is 2.28. The number of amides is 1. The highest BCUT2D eigenvalue weighted by Crippen LogP contribution is 2.27. The van der Waals surface area contributed by atoms with Crippen molar-refractivity contribution in [1.29, 1.82) is 0 Å². The minimum Gasteiger partial charge on any atom is -0.356 e. The van der Waals surface area contributed by atoms with Crippen molar-refractivity contribution in [3.8, 4) is 0 Å². The summed E-state index contributed by atoms with van der Waals surface area (Å²) in [4.78, 5) is 24.9. The highest BCUT2D eigenvalue weighted by Gasteiger charge is 2.45. The van der Waals surface area contributed by atoms with E-state index in [1.165, 1.54) is 6.92 Å². The third-order valence-corrected chi connectivity index (χ3v) is 3.17. The van der Waals surface area contributed by atoms with E-state index >= 15 is 0 Å². The summed E-state index contributed by atoms with van der Waals surface area (Å²) in [6, 6.07) is -0.538. The van der Waals surface area contributed by atoms with E-state index < -0.39 is 0 Å². The summed E-state index contributed by atoms with van der Waals surface area (Å²) in [5.74, 6) is -0.00551. The number of hydrogen-bond acceptors (Lipinski definition) is 4. The van der Waals surface area contributed by atoms with Crippen LogP contribution in [0.5, 0.6) is 0 Å². The average Bonchev–Trinajstić information content (AvgIpc) is 2.63. The SMILES string of the molecule is CNC1CCC2OCC(C(C)=O)N2C1=O. The maximum atomic E-state index is 12.0. The molecule has 0 aromatic carbocycles. The van der Waals surface area contributed by atoms with Crippen molar-refractivity contribution in [2.24, 2.45) is 0 Å². The molecule has 2 aliphatic rings. The summed E-state index contributed by atoms with van der Waals surface area (Å²) in [6.45, 7) is 1.86. The van der Waals surface area contributed by atoms with Crippen molar-refractivity contribution < 1.29 is 14.3 Å². The van der Waals surface area contributed by atoms with Gasteiger partial charge in [-0.2, -0.15) is 0 Å². The molecule has 3 unspecified atom stereocenters. The fraction of sp³-hybridized carbons (Fsp3) is 0.800. The molecular weight excluding hydrogens is 196 g/mol. The Morgan fingerprint density at radius 1 is 1.53 bits per heavy atom. The number of rotatable bonds is 2. The summed E-state index contributed by atoms with van der Waals surface area (Å²) >= 11 is 0. The molecule has 2 fully saturated rings. The van der Waals surface area contributed by atoms with Crippen LogP contribution >= 0.6 is 0 Å². The molecule has 1 amide bonds. The third kappa shape index (κ3) is 1.66. The van der Waals surface area contributed by atoms with Gasteiger partial charge in [0, 0.05) is 0 Å². The quantitative estimate of drug-likeness (QED) is 0.671. The van der Waals surface area contributed by atoms with Gasteiger partial charge in [0.1, 0.15) is 12.3 Å². The van der Waals surface area contributed by atoms with Gasteiger partial charge in [0.25, 0.3) is 0 Å². The zero-order chi connectivity index (χ0) is 11.0. The van der Waals surface area contributed by atoms with Crippen molar-refractivity contribution >= 4 is 11.7 Å². The van der Waals surface area contributed by atoms with Crippen molar-refractivity contribution in [3.05, 3.63) is 0 Å². The number of carbonyl (C=O) groups excluding carboxylic acids is 2. The number of ether oxygens (including phenoxy) is 1. The monoisotopic (exact) mass is 212 g/mol. The molecule has 5 nitrogen and oxygen atoms in total. The largest absolute Gasteiger partial charge is 0.356 e. The number of likely N-dealkylation sites (N-methyl/N-ethyl adjacent to an activating group) is 1. The second-order valence-electron chi connectivity index (χ2n) is 4.08. The number of carbonyl (C=O) groups is 2. The number of hydrogen-bond donors (Lipinski definition) is 1. The molecule has 84 valence electrons. The zero-order valence-electron chi connectivity index (χ0n) is 9.03. The number of nitrogens with zero attached hydrogens (tertiary/aromatic N) is 1. The van der Waals surface area contributed by atoms with Crippen LogP contribution < -0.4 is 5.32 Å². The van der Waals surface area contributed by atoms with Gasteiger partial charge in [0.2, 0.25) is 5.91 Å². The van der Waals surface area contributed by atoms with E-state index in [0.29, 0.717) is 6.61 Å². The molecule has 2 aliphatic heterocycles. The highest BCUT2D eigenvalue weighted by atomic mass is 16.5. The number of piperidine rings is 1. The van der Waals surface area contributed by atoms with Crippen LogP contribution in [-0.2, 0) is 14.3 Å². The molecule has 0 radical (unpaired) electrons. The Morgan fingerprint density at radius 3 is 2.87 bits per heavy atom. The Labute approximate surface area is 88.8 Å². The van der Waals surface area contributed by atoms with Crippen molar-refractivity contribution in [2.75, 3.05) is 13.7 Å². The molecule has 3 atom stereocenters. The lowest BCUT2D eigenvalue weighted by atomic mass is 10.0. The Morgan fingerprint density at radius 2 is 2.27 bits per heavy atom. The molecule has 0 spiro atoms. The van der Waals surface area contributed by atoms with Crippen LogP contribution in [-0.4, -0.2) is 48.6 Å². The molecule has 0 aromatic heterocycles. The standard InChI is InChI=1S/C10H16N2O3/c1-6(13)8-5-15-9-4-3-7(11-2)10(14)12(8)9/h7-9,11H,3-5H2,1-2H3. The summed E-state index contributed by atoms with van der Waals surface area (Å²) in [7, 11) is 1.77. The van der Waals surface area contributed by atoms with Crippen LogP contribution in [0.2, 0.25) is 0 Å². The fourth-order valence-corrected chi connectivity index (χ4v) is 2.28. The Balaban J connectivity index is 2.18. The lowest BCUT2D eigenvalue weighted by Gasteiger charge is -2.35. The molecular formula is C10H16N2O3. The van der Waals surface area contributed by atoms with Gasteiger partial charge in [-0.05, 0) is 26.8 Å². The first-order valence-corrected chi connectivity index (χ1v) is 5.26. The van der Waals surface area contributed by atoms with Gasteiger partial charge >= 0.3 is 0 Å². The first-order chi connectivity index (χ1) is 7.15. The second-order valence-corrected chi connectivity index (χ2v) is 4.08. The van der Waals surface area contributed by atoms with Crippen molar-refractivity contribution in [1.82, 2.24) is 10.2 Å². The molecule has 0 bridgehead atoms. The number of ketones is 1. The van der Waals surface area contributed by atoms with E-state index in [2.05, 4.69) is 5.32 Å². The Hall–Kier alpha value is -0.940. The molecule has 0 aliphatic carbocycles. The molecule has 1 N–H and O–H groups in total. The summed E-state index contributed by atoms with van der Waals surface area (Å²) in [5.41, 5.74) is 0. The van der Waals surface area contributed by atoms with Crippen LogP contribution in [0.15, 0.2) is 0 Å². The van der Waals surface area contributed by atoms with Gasteiger partial charge in [0.15, 0.2) is 5.78 Å². The number of nitrogens with one attached hydrogen (secondary N) is 1. The predicted octanol–water partition coefficient (Wildman–Crippen LogP) is -0.489. The maximum absolute atomic E-state index is 12.0. The van der Waals surface area contributed by atoms with Crippen LogP contribution in [0, 0.1) is 0 Å². The van der Waals surface area contributed by atoms with Crippen LogP contribution in [0.3, 0.4) is 0 Å². The zero-order valence-corrected chi connectivity index (χ0v) is 9.03. The molecule has 0 aromatic rings. The Kier molecular flexibility index (Phi) is 2.75. The predicted molar refractivity (Wildman–Crippen MR) is 53.1 cm³/mol. The van der Waals surface area contributed by atoms with Crippen LogP contribution in [0.1, 0.15) is 19.8 Å². The minimum atomic E-state index is -0.376. The van der Waals surface area contributed by atoms with Crippen LogP contribution in [0.25, 0.3) is 0 Å². The lowest BCUT2D eigenvalue weighted by molar-refractivity contribution is -0.147. The highest BCUT2D eigenvalue weighted by molar-refractivity contribution is 5.90. The van der Waals surface area contributed by atoms with Gasteiger partial charge in [-0.1, -0.05) is 0 Å². The van der Waals surface area contributed by atoms with E-state index in [1.807, 2.05) is 0 Å². The van der Waals surface area contributed by atoms with E-state index in [-0.39, 0.29) is 30.0 Å². The molecule has 2 saturated heterocycles.